The second-order valence-electron chi connectivity index (χ2n) is 7.95. The van der Waals surface area contributed by atoms with Crippen LogP contribution in [0.3, 0.4) is 0 Å². The first-order valence-corrected chi connectivity index (χ1v) is 12.1. The van der Waals surface area contributed by atoms with Crippen LogP contribution >= 0.6 is 34.5 Å². The Bertz CT molecular complexity index is 1260. The van der Waals surface area contributed by atoms with Crippen LogP contribution in [0.2, 0.25) is 10.0 Å². The van der Waals surface area contributed by atoms with Crippen LogP contribution in [0.15, 0.2) is 53.5 Å². The average Bonchev–Trinajstić information content (AvgIpc) is 3.11. The predicted molar refractivity (Wildman–Crippen MR) is 131 cm³/mol. The molecule has 32 heavy (non-hydrogen) atoms. The van der Waals surface area contributed by atoms with E-state index in [9.17, 15) is 9.59 Å². The first kappa shape index (κ1) is 21.4. The van der Waals surface area contributed by atoms with Gasteiger partial charge in [0.25, 0.3) is 0 Å². The molecule has 0 atom stereocenters. The largest absolute Gasteiger partial charge is 0.294 e. The van der Waals surface area contributed by atoms with Gasteiger partial charge in [0, 0.05) is 31.6 Å². The lowest BCUT2D eigenvalue weighted by molar-refractivity contribution is -0.117. The van der Waals surface area contributed by atoms with Crippen molar-refractivity contribution in [1.82, 2.24) is 0 Å². The van der Waals surface area contributed by atoms with Gasteiger partial charge in [-0.05, 0) is 49.4 Å². The maximum absolute atomic E-state index is 13.2. The van der Waals surface area contributed by atoms with Gasteiger partial charge < -0.3 is 0 Å². The van der Waals surface area contributed by atoms with Gasteiger partial charge in [-0.15, -0.1) is 11.3 Å². The Morgan fingerprint density at radius 3 is 2.69 bits per heavy atom. The van der Waals surface area contributed by atoms with Gasteiger partial charge in [-0.25, -0.2) is 0 Å². The van der Waals surface area contributed by atoms with Crippen LogP contribution in [0.1, 0.15) is 44.8 Å². The van der Waals surface area contributed by atoms with Gasteiger partial charge in [-0.1, -0.05) is 53.5 Å². The lowest BCUT2D eigenvalue weighted by Gasteiger charge is -2.20. The molecule has 0 N–H and O–H groups in total. The molecule has 3 aromatic rings. The molecule has 1 aromatic heterocycles. The molecule has 7 heteroatoms. The first-order valence-electron chi connectivity index (χ1n) is 10.6. The highest BCUT2D eigenvalue weighted by molar-refractivity contribution is 7.17. The molecule has 2 aliphatic rings. The number of amides is 1. The van der Waals surface area contributed by atoms with Crippen LogP contribution in [-0.2, 0) is 17.6 Å². The van der Waals surface area contributed by atoms with E-state index < -0.39 is 0 Å². The van der Waals surface area contributed by atoms with Crippen LogP contribution in [0.4, 0.5) is 5.00 Å². The molecule has 0 spiro atoms. The number of aliphatic imine (C=N–C) groups is 1. The van der Waals surface area contributed by atoms with E-state index in [0.717, 1.165) is 47.5 Å². The zero-order valence-electron chi connectivity index (χ0n) is 17.2. The number of thiophene rings is 1. The molecule has 2 aromatic carbocycles. The van der Waals surface area contributed by atoms with Crippen molar-refractivity contribution < 1.29 is 9.59 Å². The molecule has 4 nitrogen and oxygen atoms in total. The number of anilines is 1. The maximum Gasteiger partial charge on any atom is 0.249 e. The number of Topliss-reactive ketones (excluding diaryl/α,β-unsaturated/α-hetero) is 1. The number of hydrogen-bond acceptors (Lipinski definition) is 4. The Balaban J connectivity index is 1.62. The fourth-order valence-corrected chi connectivity index (χ4v) is 6.16. The third-order valence-electron chi connectivity index (χ3n) is 5.89. The van der Waals surface area contributed by atoms with Crippen LogP contribution in [0, 0.1) is 0 Å². The molecular weight excluding hydrogens is 463 g/mol. The average molecular weight is 483 g/mol. The molecule has 162 valence electrons. The molecule has 0 fully saturated rings. The zero-order chi connectivity index (χ0) is 22.2. The normalized spacial score (nSPS) is 15.6. The highest BCUT2D eigenvalue weighted by atomic mass is 35.5. The highest BCUT2D eigenvalue weighted by Gasteiger charge is 2.33. The minimum atomic E-state index is -0.192. The Morgan fingerprint density at radius 1 is 1.06 bits per heavy atom. The van der Waals surface area contributed by atoms with Crippen LogP contribution in [0.5, 0.6) is 0 Å². The lowest BCUT2D eigenvalue weighted by atomic mass is 9.91. The number of fused-ring (bicyclic) bond motifs is 3. The molecule has 0 bridgehead atoms. The smallest absolute Gasteiger partial charge is 0.249 e. The Hall–Kier alpha value is -2.47. The molecule has 2 heterocycles. The molecule has 1 aliphatic carbocycles. The highest BCUT2D eigenvalue weighted by Crippen LogP contribution is 2.43. The van der Waals surface area contributed by atoms with Crippen molar-refractivity contribution in [3.8, 4) is 0 Å². The standard InChI is InChI=1S/C25H20Cl2N2O2S/c26-16-7-5-6-15(12-16)20(30)14-29-22(31)13-28-24(17-8-1-3-10-19(17)27)23-18-9-2-4-11-21(18)32-25(23)29/h1,3,5-8,10,12H,2,4,9,11,13-14H2. The summed E-state index contributed by atoms with van der Waals surface area (Å²) >= 11 is 14.2. The fraction of sp³-hybridized carbons (Fsp3) is 0.240. The SMILES string of the molecule is O=C(CN1C(=O)CN=C(c2ccccc2Cl)c2c1sc1c2CCCC1)c1cccc(Cl)c1. The van der Waals surface area contributed by atoms with Crippen molar-refractivity contribution in [3.63, 3.8) is 0 Å². The number of hydrogen-bond donors (Lipinski definition) is 0. The summed E-state index contributed by atoms with van der Waals surface area (Å²) in [6.07, 6.45) is 4.14. The summed E-state index contributed by atoms with van der Waals surface area (Å²) in [4.78, 5) is 33.9. The molecule has 0 radical (unpaired) electrons. The maximum atomic E-state index is 13.2. The van der Waals surface area contributed by atoms with Crippen LogP contribution in [-0.4, -0.2) is 30.5 Å². The van der Waals surface area contributed by atoms with Crippen molar-refractivity contribution in [2.24, 2.45) is 4.99 Å². The predicted octanol–water partition coefficient (Wildman–Crippen LogP) is 6.00. The van der Waals surface area contributed by atoms with E-state index in [1.807, 2.05) is 24.3 Å². The van der Waals surface area contributed by atoms with E-state index in [1.165, 1.54) is 10.4 Å². The van der Waals surface area contributed by atoms with Gasteiger partial charge in [0.05, 0.1) is 12.3 Å². The topological polar surface area (TPSA) is 49.7 Å². The van der Waals surface area contributed by atoms with Crippen LogP contribution < -0.4 is 4.90 Å². The first-order chi connectivity index (χ1) is 15.5. The zero-order valence-corrected chi connectivity index (χ0v) is 19.6. The molecule has 1 amide bonds. The van der Waals surface area contributed by atoms with Crippen molar-refractivity contribution in [3.05, 3.63) is 85.7 Å². The Morgan fingerprint density at radius 2 is 1.88 bits per heavy atom. The summed E-state index contributed by atoms with van der Waals surface area (Å²) < 4.78 is 0. The van der Waals surface area contributed by atoms with Gasteiger partial charge in [0.2, 0.25) is 5.91 Å². The fourth-order valence-electron chi connectivity index (χ4n) is 4.34. The van der Waals surface area contributed by atoms with Gasteiger partial charge in [0.15, 0.2) is 5.78 Å². The number of aryl methyl sites for hydroxylation is 1. The van der Waals surface area contributed by atoms with Crippen molar-refractivity contribution in [2.45, 2.75) is 25.7 Å². The van der Waals surface area contributed by atoms with E-state index in [4.69, 9.17) is 28.2 Å². The summed E-state index contributed by atoms with van der Waals surface area (Å²) in [6, 6.07) is 14.4. The number of rotatable bonds is 4. The molecule has 0 unspecified atom stereocenters. The second-order valence-corrected chi connectivity index (χ2v) is 9.88. The van der Waals surface area contributed by atoms with E-state index in [0.29, 0.717) is 15.6 Å². The van der Waals surface area contributed by atoms with E-state index in [-0.39, 0.29) is 24.8 Å². The Kier molecular flexibility index (Phi) is 5.89. The number of ketones is 1. The minimum Gasteiger partial charge on any atom is -0.294 e. The number of halogens is 2. The molecule has 0 saturated carbocycles. The summed E-state index contributed by atoms with van der Waals surface area (Å²) in [6.45, 7) is -0.0730. The summed E-state index contributed by atoms with van der Waals surface area (Å²) in [7, 11) is 0. The van der Waals surface area contributed by atoms with Crippen molar-refractivity contribution >= 4 is 56.9 Å². The monoisotopic (exact) mass is 482 g/mol. The second kappa shape index (κ2) is 8.81. The molecule has 0 saturated heterocycles. The van der Waals surface area contributed by atoms with Gasteiger partial charge in [-0.2, -0.15) is 0 Å². The van der Waals surface area contributed by atoms with Crippen molar-refractivity contribution in [1.29, 1.82) is 0 Å². The van der Waals surface area contributed by atoms with E-state index >= 15 is 0 Å². The molecule has 5 rings (SSSR count). The third kappa shape index (κ3) is 3.90. The van der Waals surface area contributed by atoms with Crippen LogP contribution in [0.25, 0.3) is 0 Å². The molecule has 1 aliphatic heterocycles. The minimum absolute atomic E-state index is 0.0282. The number of carbonyl (C=O) groups excluding carboxylic acids is 2. The lowest BCUT2D eigenvalue weighted by Crippen LogP contribution is -2.36. The van der Waals surface area contributed by atoms with Gasteiger partial charge >= 0.3 is 0 Å². The van der Waals surface area contributed by atoms with Gasteiger partial charge in [0.1, 0.15) is 11.5 Å². The summed E-state index contributed by atoms with van der Waals surface area (Å²) in [5.41, 5.74) is 4.26. The summed E-state index contributed by atoms with van der Waals surface area (Å²) in [5.74, 6) is -0.346. The van der Waals surface area contributed by atoms with Crippen molar-refractivity contribution in [2.75, 3.05) is 18.0 Å². The van der Waals surface area contributed by atoms with E-state index in [1.54, 1.807) is 40.5 Å². The number of nitrogens with zero attached hydrogens (tertiary/aromatic N) is 2. The molecular formula is C25H20Cl2N2O2S. The number of benzene rings is 2. The number of carbonyl (C=O) groups is 2. The third-order valence-corrected chi connectivity index (χ3v) is 7.76. The van der Waals surface area contributed by atoms with Gasteiger partial charge in [-0.3, -0.25) is 19.5 Å². The van der Waals surface area contributed by atoms with E-state index in [2.05, 4.69) is 0 Å². The Labute approximate surface area is 200 Å². The quantitative estimate of drug-likeness (QED) is 0.428. The summed E-state index contributed by atoms with van der Waals surface area (Å²) in [5, 5.41) is 1.90.